The van der Waals surface area contributed by atoms with Gasteiger partial charge in [-0.3, -0.25) is 9.79 Å². The normalized spacial score (nSPS) is 20.5. The van der Waals surface area contributed by atoms with Crippen molar-refractivity contribution in [3.8, 4) is 0 Å². The number of aliphatic imine (C=N–C) groups is 1. The third-order valence-corrected chi connectivity index (χ3v) is 5.08. The molecule has 1 unspecified atom stereocenters. The first-order valence-corrected chi connectivity index (χ1v) is 10.8. The molecular weight excluding hydrogens is 471 g/mol. The van der Waals surface area contributed by atoms with E-state index in [4.69, 9.17) is 9.47 Å². The van der Waals surface area contributed by atoms with Crippen molar-refractivity contribution in [2.45, 2.75) is 64.4 Å². The molecule has 2 aliphatic rings. The number of amides is 1. The van der Waals surface area contributed by atoms with Gasteiger partial charge >= 0.3 is 0 Å². The first kappa shape index (κ1) is 25.4. The average molecular weight is 510 g/mol. The van der Waals surface area contributed by atoms with Crippen LogP contribution in [-0.2, 0) is 14.3 Å². The van der Waals surface area contributed by atoms with Crippen LogP contribution < -0.4 is 16.0 Å². The number of hydrogen-bond donors (Lipinski definition) is 3. The molecule has 1 amide bonds. The van der Waals surface area contributed by atoms with Gasteiger partial charge in [-0.05, 0) is 39.0 Å². The minimum Gasteiger partial charge on any atom is -0.379 e. The topological polar surface area (TPSA) is 84.0 Å². The molecule has 28 heavy (non-hydrogen) atoms. The Bertz CT molecular complexity index is 439. The highest BCUT2D eigenvalue weighted by atomic mass is 127. The molecule has 1 aliphatic heterocycles. The molecule has 0 aromatic heterocycles. The Hall–Kier alpha value is -0.610. The predicted octanol–water partition coefficient (Wildman–Crippen LogP) is 2.44. The van der Waals surface area contributed by atoms with E-state index >= 15 is 0 Å². The van der Waals surface area contributed by atoms with E-state index in [1.54, 1.807) is 0 Å². The van der Waals surface area contributed by atoms with Crippen molar-refractivity contribution in [3.63, 3.8) is 0 Å². The third kappa shape index (κ3) is 10.8. The van der Waals surface area contributed by atoms with Crippen molar-refractivity contribution < 1.29 is 14.3 Å². The highest BCUT2D eigenvalue weighted by Gasteiger charge is 2.20. The van der Waals surface area contributed by atoms with Crippen LogP contribution >= 0.6 is 24.0 Å². The molecule has 164 valence electrons. The van der Waals surface area contributed by atoms with Gasteiger partial charge in [-0.25, -0.2) is 0 Å². The van der Waals surface area contributed by atoms with Crippen LogP contribution in [0.15, 0.2) is 4.99 Å². The van der Waals surface area contributed by atoms with Crippen LogP contribution in [-0.4, -0.2) is 64.0 Å². The Morgan fingerprint density at radius 2 is 1.86 bits per heavy atom. The zero-order valence-electron chi connectivity index (χ0n) is 17.3. The number of ether oxygens (including phenoxy) is 2. The second kappa shape index (κ2) is 16.2. The monoisotopic (exact) mass is 510 g/mol. The lowest BCUT2D eigenvalue weighted by Crippen LogP contribution is -2.42. The fraction of sp³-hybridized carbons (Fsp3) is 0.900. The van der Waals surface area contributed by atoms with Crippen LogP contribution in [0.25, 0.3) is 0 Å². The van der Waals surface area contributed by atoms with Crippen LogP contribution in [0.1, 0.15) is 58.3 Å². The maximum atomic E-state index is 12.1. The lowest BCUT2D eigenvalue weighted by atomic mass is 9.89. The summed E-state index contributed by atoms with van der Waals surface area (Å²) in [6, 6.07) is 0. The Kier molecular flexibility index (Phi) is 14.7. The summed E-state index contributed by atoms with van der Waals surface area (Å²) in [5.74, 6) is 1.22. The Morgan fingerprint density at radius 1 is 1.07 bits per heavy atom. The Labute approximate surface area is 187 Å². The van der Waals surface area contributed by atoms with Gasteiger partial charge in [0, 0.05) is 45.3 Å². The smallest absolute Gasteiger partial charge is 0.223 e. The van der Waals surface area contributed by atoms with Gasteiger partial charge in [0.2, 0.25) is 5.91 Å². The molecule has 1 saturated carbocycles. The molecule has 2 fully saturated rings. The highest BCUT2D eigenvalue weighted by Crippen LogP contribution is 2.23. The van der Waals surface area contributed by atoms with Crippen molar-refractivity contribution in [2.24, 2.45) is 10.9 Å². The van der Waals surface area contributed by atoms with Gasteiger partial charge in [0.05, 0.1) is 12.7 Å². The number of nitrogens with zero attached hydrogens (tertiary/aromatic N) is 1. The van der Waals surface area contributed by atoms with Crippen LogP contribution in [0, 0.1) is 5.92 Å². The standard InChI is InChI=1S/C20H38N4O3.HI/c1-2-21-20(23-11-7-14-26-16-18-10-6-15-27-18)24-13-12-22-19(25)17-8-4-3-5-9-17;/h17-18H,2-16H2,1H3,(H,22,25)(H2,21,23,24);1H. The molecule has 0 bridgehead atoms. The van der Waals surface area contributed by atoms with Crippen molar-refractivity contribution in [3.05, 3.63) is 0 Å². The molecule has 0 radical (unpaired) electrons. The number of nitrogens with one attached hydrogen (secondary N) is 3. The van der Waals surface area contributed by atoms with E-state index in [-0.39, 0.29) is 41.9 Å². The molecule has 1 atom stereocenters. The maximum Gasteiger partial charge on any atom is 0.223 e. The quantitative estimate of drug-likeness (QED) is 0.172. The summed E-state index contributed by atoms with van der Waals surface area (Å²) in [4.78, 5) is 16.7. The fourth-order valence-electron chi connectivity index (χ4n) is 3.57. The zero-order valence-corrected chi connectivity index (χ0v) is 19.7. The molecule has 1 saturated heterocycles. The number of carbonyl (C=O) groups is 1. The van der Waals surface area contributed by atoms with Gasteiger partial charge in [-0.1, -0.05) is 19.3 Å². The summed E-state index contributed by atoms with van der Waals surface area (Å²) in [6.07, 6.45) is 9.17. The van der Waals surface area contributed by atoms with Gasteiger partial charge in [0.15, 0.2) is 5.96 Å². The predicted molar refractivity (Wildman–Crippen MR) is 123 cm³/mol. The number of hydrogen-bond acceptors (Lipinski definition) is 4. The average Bonchev–Trinajstić information content (AvgIpc) is 3.21. The Morgan fingerprint density at radius 3 is 2.57 bits per heavy atom. The van der Waals surface area contributed by atoms with Crippen LogP contribution in [0.3, 0.4) is 0 Å². The summed E-state index contributed by atoms with van der Waals surface area (Å²) >= 11 is 0. The van der Waals surface area contributed by atoms with Gasteiger partial charge in [0.1, 0.15) is 0 Å². The third-order valence-electron chi connectivity index (χ3n) is 5.08. The minimum absolute atomic E-state index is 0. The van der Waals surface area contributed by atoms with Crippen LogP contribution in [0.5, 0.6) is 0 Å². The second-order valence-electron chi connectivity index (χ2n) is 7.38. The lowest BCUT2D eigenvalue weighted by molar-refractivity contribution is -0.125. The molecule has 7 nitrogen and oxygen atoms in total. The molecule has 0 spiro atoms. The van der Waals surface area contributed by atoms with Crippen molar-refractivity contribution in [1.82, 2.24) is 16.0 Å². The zero-order chi connectivity index (χ0) is 19.2. The largest absolute Gasteiger partial charge is 0.379 e. The van der Waals surface area contributed by atoms with Crippen molar-refractivity contribution >= 4 is 35.8 Å². The van der Waals surface area contributed by atoms with Crippen LogP contribution in [0.4, 0.5) is 0 Å². The molecular formula is C20H39IN4O3. The molecule has 3 N–H and O–H groups in total. The Balaban J connectivity index is 0.00000392. The summed E-state index contributed by atoms with van der Waals surface area (Å²) in [6.45, 7) is 7.17. The molecule has 1 heterocycles. The van der Waals surface area contributed by atoms with Crippen LogP contribution in [0.2, 0.25) is 0 Å². The van der Waals surface area contributed by atoms with Gasteiger partial charge in [0.25, 0.3) is 0 Å². The molecule has 0 aromatic carbocycles. The van der Waals surface area contributed by atoms with E-state index in [0.29, 0.717) is 26.3 Å². The van der Waals surface area contributed by atoms with E-state index in [0.717, 1.165) is 57.8 Å². The van der Waals surface area contributed by atoms with Gasteiger partial charge < -0.3 is 25.4 Å². The number of rotatable bonds is 11. The van der Waals surface area contributed by atoms with Gasteiger partial charge in [-0.15, -0.1) is 24.0 Å². The molecule has 2 rings (SSSR count). The molecule has 1 aliphatic carbocycles. The number of guanidine groups is 1. The minimum atomic E-state index is 0. The number of halogens is 1. The number of carbonyl (C=O) groups excluding carboxylic acids is 1. The molecule has 0 aromatic rings. The van der Waals surface area contributed by atoms with Gasteiger partial charge in [-0.2, -0.15) is 0 Å². The van der Waals surface area contributed by atoms with E-state index in [1.807, 2.05) is 6.92 Å². The SMILES string of the molecule is CCNC(=NCCCOCC1CCCO1)NCCNC(=O)C1CCCCC1.I. The maximum absolute atomic E-state index is 12.1. The first-order valence-electron chi connectivity index (χ1n) is 10.8. The fourth-order valence-corrected chi connectivity index (χ4v) is 3.57. The summed E-state index contributed by atoms with van der Waals surface area (Å²) in [5, 5.41) is 9.56. The first-order chi connectivity index (χ1) is 13.3. The van der Waals surface area contributed by atoms with Crippen molar-refractivity contribution in [2.75, 3.05) is 46.0 Å². The second-order valence-corrected chi connectivity index (χ2v) is 7.38. The molecule has 8 heteroatoms. The van der Waals surface area contributed by atoms with E-state index < -0.39 is 0 Å². The highest BCUT2D eigenvalue weighted by molar-refractivity contribution is 14.0. The van der Waals surface area contributed by atoms with Crippen molar-refractivity contribution in [1.29, 1.82) is 0 Å². The van der Waals surface area contributed by atoms with E-state index in [2.05, 4.69) is 20.9 Å². The summed E-state index contributed by atoms with van der Waals surface area (Å²) in [7, 11) is 0. The lowest BCUT2D eigenvalue weighted by Gasteiger charge is -2.21. The summed E-state index contributed by atoms with van der Waals surface area (Å²) in [5.41, 5.74) is 0. The summed E-state index contributed by atoms with van der Waals surface area (Å²) < 4.78 is 11.2. The van der Waals surface area contributed by atoms with E-state index in [9.17, 15) is 4.79 Å². The van der Waals surface area contributed by atoms with E-state index in [1.165, 1.54) is 19.3 Å².